The summed E-state index contributed by atoms with van der Waals surface area (Å²) in [4.78, 5) is 11.6. The number of morpholine rings is 1. The molecule has 0 spiro atoms. The van der Waals surface area contributed by atoms with E-state index in [0.717, 1.165) is 54.3 Å². The van der Waals surface area contributed by atoms with E-state index in [2.05, 4.69) is 39.2 Å². The summed E-state index contributed by atoms with van der Waals surface area (Å²) in [6.45, 7) is 3.39. The average Bonchev–Trinajstić information content (AvgIpc) is 3.23. The summed E-state index contributed by atoms with van der Waals surface area (Å²) in [7, 11) is 1.65. The van der Waals surface area contributed by atoms with Crippen LogP contribution in [0, 0.1) is 0 Å². The van der Waals surface area contributed by atoms with Gasteiger partial charge in [-0.05, 0) is 36.4 Å². The van der Waals surface area contributed by atoms with Gasteiger partial charge in [0.1, 0.15) is 16.8 Å². The zero-order valence-electron chi connectivity index (χ0n) is 16.2. The van der Waals surface area contributed by atoms with Gasteiger partial charge in [-0.3, -0.25) is 0 Å². The third-order valence-electron chi connectivity index (χ3n) is 5.14. The second-order valence-electron chi connectivity index (χ2n) is 6.84. The van der Waals surface area contributed by atoms with E-state index in [4.69, 9.17) is 14.5 Å². The lowest BCUT2D eigenvalue weighted by molar-refractivity contribution is 0.122. The van der Waals surface area contributed by atoms with Crippen molar-refractivity contribution in [3.63, 3.8) is 0 Å². The fourth-order valence-corrected chi connectivity index (χ4v) is 3.61. The van der Waals surface area contributed by atoms with Crippen LogP contribution >= 0.6 is 0 Å². The van der Waals surface area contributed by atoms with Crippen LogP contribution in [0.5, 0.6) is 5.75 Å². The zero-order valence-corrected chi connectivity index (χ0v) is 16.2. The van der Waals surface area contributed by atoms with Gasteiger partial charge in [0, 0.05) is 18.8 Å². The highest BCUT2D eigenvalue weighted by atomic mass is 16.5. The number of nitrogens with zero attached hydrogens (tertiary/aromatic N) is 5. The van der Waals surface area contributed by atoms with E-state index in [1.165, 1.54) is 5.69 Å². The molecular weight excluding hydrogens is 366 g/mol. The minimum Gasteiger partial charge on any atom is -0.496 e. The number of anilines is 1. The number of benzene rings is 2. The topological polar surface area (TPSA) is 65.3 Å². The van der Waals surface area contributed by atoms with Crippen LogP contribution < -0.4 is 9.64 Å². The lowest BCUT2D eigenvalue weighted by atomic mass is 10.2. The number of methoxy groups -OCH3 is 1. The number of para-hydroxylation sites is 1. The van der Waals surface area contributed by atoms with Crippen LogP contribution in [0.3, 0.4) is 0 Å². The lowest BCUT2D eigenvalue weighted by Gasteiger charge is -2.28. The van der Waals surface area contributed by atoms with Gasteiger partial charge in [0.05, 0.1) is 44.0 Å². The smallest absolute Gasteiger partial charge is 0.163 e. The highest BCUT2D eigenvalue weighted by Gasteiger charge is 2.14. The van der Waals surface area contributed by atoms with Crippen LogP contribution in [0.25, 0.3) is 28.1 Å². The Morgan fingerprint density at radius 2 is 1.69 bits per heavy atom. The molecule has 5 rings (SSSR count). The van der Waals surface area contributed by atoms with Crippen LogP contribution in [0.4, 0.5) is 5.69 Å². The van der Waals surface area contributed by atoms with E-state index in [0.29, 0.717) is 5.82 Å². The number of ether oxygens (including phenoxy) is 2. The molecule has 0 aliphatic carbocycles. The fraction of sp³-hybridized carbons (Fsp3) is 0.227. The molecule has 7 heteroatoms. The van der Waals surface area contributed by atoms with Crippen molar-refractivity contribution in [1.82, 2.24) is 19.7 Å². The van der Waals surface area contributed by atoms with Gasteiger partial charge < -0.3 is 14.4 Å². The first-order chi connectivity index (χ1) is 14.3. The largest absolute Gasteiger partial charge is 0.496 e. The molecule has 0 radical (unpaired) electrons. The summed E-state index contributed by atoms with van der Waals surface area (Å²) < 4.78 is 12.7. The Labute approximate surface area is 168 Å². The molecular formula is C22H21N5O2. The molecule has 2 aromatic heterocycles. The van der Waals surface area contributed by atoms with Crippen molar-refractivity contribution in [2.45, 2.75) is 0 Å². The van der Waals surface area contributed by atoms with Crippen LogP contribution in [-0.4, -0.2) is 53.2 Å². The number of aromatic nitrogens is 4. The predicted octanol–water partition coefficient (Wildman–Crippen LogP) is 3.33. The number of hydrogen-bond acceptors (Lipinski definition) is 6. The molecule has 1 fully saturated rings. The summed E-state index contributed by atoms with van der Waals surface area (Å²) in [5.41, 5.74) is 4.69. The highest BCUT2D eigenvalue weighted by Crippen LogP contribution is 2.28. The molecule has 1 saturated heterocycles. The Bertz CT molecular complexity index is 1130. The van der Waals surface area contributed by atoms with Crippen LogP contribution in [-0.2, 0) is 4.74 Å². The maximum Gasteiger partial charge on any atom is 0.163 e. The molecule has 0 saturated carbocycles. The molecule has 2 aromatic carbocycles. The molecule has 146 valence electrons. The van der Waals surface area contributed by atoms with E-state index < -0.39 is 0 Å². The number of rotatable bonds is 4. The molecule has 0 N–H and O–H groups in total. The molecule has 7 nitrogen and oxygen atoms in total. The molecule has 3 heterocycles. The van der Waals surface area contributed by atoms with Gasteiger partial charge in [-0.15, -0.1) is 0 Å². The van der Waals surface area contributed by atoms with E-state index >= 15 is 0 Å². The van der Waals surface area contributed by atoms with E-state index in [-0.39, 0.29) is 0 Å². The summed E-state index contributed by atoms with van der Waals surface area (Å²) >= 11 is 0. The molecule has 29 heavy (non-hydrogen) atoms. The van der Waals surface area contributed by atoms with Gasteiger partial charge in [-0.25, -0.2) is 14.6 Å². The second-order valence-corrected chi connectivity index (χ2v) is 6.84. The van der Waals surface area contributed by atoms with Crippen LogP contribution in [0.1, 0.15) is 0 Å². The first kappa shape index (κ1) is 17.6. The number of fused-ring (bicyclic) bond motifs is 1. The van der Waals surface area contributed by atoms with Crippen molar-refractivity contribution >= 4 is 16.7 Å². The zero-order chi connectivity index (χ0) is 19.6. The van der Waals surface area contributed by atoms with Crippen LogP contribution in [0.15, 0.2) is 60.9 Å². The molecule has 0 atom stereocenters. The van der Waals surface area contributed by atoms with Crippen LogP contribution in [0.2, 0.25) is 0 Å². The standard InChI is InChI=1S/C22H21N5O2/c1-28-21-5-3-2-4-18(21)22-23-15-20-19(25-22)14-24-27(20)17-8-6-16(7-9-17)26-10-12-29-13-11-26/h2-9,14-15H,10-13H2,1H3. The van der Waals surface area contributed by atoms with Gasteiger partial charge in [0.25, 0.3) is 0 Å². The van der Waals surface area contributed by atoms with Crippen molar-refractivity contribution in [3.8, 4) is 22.8 Å². The van der Waals surface area contributed by atoms with Crippen molar-refractivity contribution in [1.29, 1.82) is 0 Å². The van der Waals surface area contributed by atoms with E-state index in [9.17, 15) is 0 Å². The Morgan fingerprint density at radius 3 is 2.48 bits per heavy atom. The Balaban J connectivity index is 1.47. The number of hydrogen-bond donors (Lipinski definition) is 0. The molecule has 0 bridgehead atoms. The monoisotopic (exact) mass is 387 g/mol. The summed E-state index contributed by atoms with van der Waals surface area (Å²) in [5, 5.41) is 4.53. The lowest BCUT2D eigenvalue weighted by Crippen LogP contribution is -2.36. The van der Waals surface area contributed by atoms with Gasteiger partial charge in [-0.1, -0.05) is 12.1 Å². The normalized spacial score (nSPS) is 14.3. The highest BCUT2D eigenvalue weighted by molar-refractivity contribution is 5.78. The van der Waals surface area contributed by atoms with Crippen molar-refractivity contribution in [2.24, 2.45) is 0 Å². The maximum absolute atomic E-state index is 5.43. The molecule has 0 amide bonds. The predicted molar refractivity (Wildman–Crippen MR) is 112 cm³/mol. The fourth-order valence-electron chi connectivity index (χ4n) is 3.61. The summed E-state index contributed by atoms with van der Waals surface area (Å²) in [6, 6.07) is 16.1. The maximum atomic E-state index is 5.43. The van der Waals surface area contributed by atoms with Gasteiger partial charge in [0.2, 0.25) is 0 Å². The van der Waals surface area contributed by atoms with E-state index in [1.807, 2.05) is 35.1 Å². The van der Waals surface area contributed by atoms with Gasteiger partial charge in [0.15, 0.2) is 5.82 Å². The van der Waals surface area contributed by atoms with Crippen molar-refractivity contribution < 1.29 is 9.47 Å². The minimum absolute atomic E-state index is 0.622. The van der Waals surface area contributed by atoms with Crippen molar-refractivity contribution in [3.05, 3.63) is 60.9 Å². The first-order valence-electron chi connectivity index (χ1n) is 9.61. The molecule has 1 aliphatic rings. The Morgan fingerprint density at radius 1 is 0.931 bits per heavy atom. The quantitative estimate of drug-likeness (QED) is 0.535. The molecule has 4 aromatic rings. The summed E-state index contributed by atoms with van der Waals surface area (Å²) in [5.74, 6) is 1.37. The molecule has 0 unspecified atom stereocenters. The second kappa shape index (κ2) is 7.52. The van der Waals surface area contributed by atoms with E-state index in [1.54, 1.807) is 13.3 Å². The third kappa shape index (κ3) is 3.30. The van der Waals surface area contributed by atoms with Crippen molar-refractivity contribution in [2.75, 3.05) is 38.3 Å². The Kier molecular flexibility index (Phi) is 4.57. The third-order valence-corrected chi connectivity index (χ3v) is 5.14. The van der Waals surface area contributed by atoms with Gasteiger partial charge in [-0.2, -0.15) is 5.10 Å². The Hall–Kier alpha value is -3.45. The minimum atomic E-state index is 0.622. The SMILES string of the molecule is COc1ccccc1-c1ncc2c(cnn2-c2ccc(N3CCOCC3)cc2)n1. The molecule has 1 aliphatic heterocycles. The average molecular weight is 387 g/mol. The first-order valence-corrected chi connectivity index (χ1v) is 9.61. The van der Waals surface area contributed by atoms with Gasteiger partial charge >= 0.3 is 0 Å². The summed E-state index contributed by atoms with van der Waals surface area (Å²) in [6.07, 6.45) is 3.58.